The summed E-state index contributed by atoms with van der Waals surface area (Å²) in [5.41, 5.74) is -0.693. The van der Waals surface area contributed by atoms with Gasteiger partial charge in [-0.3, -0.25) is 0 Å². The monoisotopic (exact) mass is 355 g/mol. The maximum atomic E-state index is 12.2. The molecule has 0 spiro atoms. The minimum absolute atomic E-state index is 0.00242. The molecule has 1 saturated heterocycles. The predicted octanol–water partition coefficient (Wildman–Crippen LogP) is 2.41. The van der Waals surface area contributed by atoms with E-state index in [1.165, 1.54) is 16.2 Å². The average Bonchev–Trinajstić information content (AvgIpc) is 3.09. The number of nitrogens with one attached hydrogen (secondary N) is 1. The number of urea groups is 1. The molecule has 1 aliphatic heterocycles. The molecule has 6 nitrogen and oxygen atoms in total. The molecule has 0 unspecified atom stereocenters. The third kappa shape index (κ3) is 5.16. The van der Waals surface area contributed by atoms with Gasteiger partial charge < -0.3 is 19.7 Å². The fourth-order valence-corrected chi connectivity index (χ4v) is 3.45. The molecule has 136 valence electrons. The molecule has 2 amide bonds. The minimum Gasteiger partial charge on any atom is -0.394 e. The number of carbonyl (C=O) groups excluding carboxylic acids is 1. The van der Waals surface area contributed by atoms with E-state index in [1.54, 1.807) is 13.8 Å². The second kappa shape index (κ2) is 7.37. The highest BCUT2D eigenvalue weighted by atomic mass is 32.1. The Morgan fingerprint density at radius 2 is 2.17 bits per heavy atom. The highest BCUT2D eigenvalue weighted by Crippen LogP contribution is 2.25. The van der Waals surface area contributed by atoms with Crippen LogP contribution in [0.1, 0.15) is 52.3 Å². The molecule has 0 bridgehead atoms. The van der Waals surface area contributed by atoms with E-state index in [9.17, 15) is 9.90 Å². The topological polar surface area (TPSA) is 75.9 Å². The van der Waals surface area contributed by atoms with E-state index in [0.29, 0.717) is 11.3 Å². The zero-order valence-electron chi connectivity index (χ0n) is 15.3. The van der Waals surface area contributed by atoms with Crippen molar-refractivity contribution in [2.75, 3.05) is 13.2 Å². The number of aliphatic hydroxyl groups is 1. The van der Waals surface area contributed by atoms with Gasteiger partial charge in [-0.1, -0.05) is 20.8 Å². The number of thiazole rings is 1. The molecule has 2 rings (SSSR count). The number of ether oxygens (including phenoxy) is 1. The lowest BCUT2D eigenvalue weighted by molar-refractivity contribution is 0.0963. The van der Waals surface area contributed by atoms with Gasteiger partial charge in [0.25, 0.3) is 0 Å². The highest BCUT2D eigenvalue weighted by molar-refractivity contribution is 7.09. The van der Waals surface area contributed by atoms with Gasteiger partial charge in [-0.05, 0) is 32.1 Å². The number of hydrogen-bond acceptors (Lipinski definition) is 4. The molecular formula is C17H29N3O3S. The largest absolute Gasteiger partial charge is 0.394 e. The summed E-state index contributed by atoms with van der Waals surface area (Å²) in [5.74, 6) is 0. The Bertz CT molecular complexity index is 634. The van der Waals surface area contributed by atoms with Crippen LogP contribution in [0.5, 0.6) is 0 Å². The van der Waals surface area contributed by atoms with Gasteiger partial charge in [-0.15, -0.1) is 11.3 Å². The van der Waals surface area contributed by atoms with Gasteiger partial charge in [0.15, 0.2) is 4.80 Å². The van der Waals surface area contributed by atoms with E-state index in [1.807, 2.05) is 4.57 Å². The first-order valence-electron chi connectivity index (χ1n) is 8.41. The molecule has 1 aromatic rings. The number of amides is 2. The van der Waals surface area contributed by atoms with Gasteiger partial charge in [-0.25, -0.2) is 4.79 Å². The summed E-state index contributed by atoms with van der Waals surface area (Å²) >= 11 is 1.53. The Kier molecular flexibility index (Phi) is 5.88. The lowest BCUT2D eigenvalue weighted by Gasteiger charge is -2.21. The van der Waals surface area contributed by atoms with Crippen molar-refractivity contribution in [3.63, 3.8) is 0 Å². The van der Waals surface area contributed by atoms with Crippen molar-refractivity contribution in [1.29, 1.82) is 0 Å². The molecule has 1 aromatic heterocycles. The number of aromatic nitrogens is 1. The summed E-state index contributed by atoms with van der Waals surface area (Å²) < 4.78 is 7.74. The molecule has 0 saturated carbocycles. The van der Waals surface area contributed by atoms with Gasteiger partial charge in [0.05, 0.1) is 24.8 Å². The van der Waals surface area contributed by atoms with Crippen LogP contribution in [-0.4, -0.2) is 40.6 Å². The summed E-state index contributed by atoms with van der Waals surface area (Å²) in [6, 6.07) is -0.433. The van der Waals surface area contributed by atoms with Gasteiger partial charge in [0.2, 0.25) is 0 Å². The smallest absolute Gasteiger partial charge is 0.344 e. The average molecular weight is 356 g/mol. The molecule has 2 heterocycles. The van der Waals surface area contributed by atoms with E-state index in [-0.39, 0.29) is 18.1 Å². The molecule has 24 heavy (non-hydrogen) atoms. The van der Waals surface area contributed by atoms with Crippen LogP contribution in [-0.2, 0) is 16.7 Å². The fraction of sp³-hybridized carbons (Fsp3) is 0.765. The molecule has 0 radical (unpaired) electrons. The van der Waals surface area contributed by atoms with E-state index in [0.717, 1.165) is 19.4 Å². The summed E-state index contributed by atoms with van der Waals surface area (Å²) in [6.07, 6.45) is 4.38. The number of nitrogens with zero attached hydrogens (tertiary/aromatic N) is 2. The second-order valence-electron chi connectivity index (χ2n) is 8.00. The van der Waals surface area contributed by atoms with Gasteiger partial charge in [-0.2, -0.15) is 4.99 Å². The van der Waals surface area contributed by atoms with E-state index in [4.69, 9.17) is 4.74 Å². The van der Waals surface area contributed by atoms with Crippen molar-refractivity contribution in [3.8, 4) is 0 Å². The Hall–Kier alpha value is -1.18. The van der Waals surface area contributed by atoms with Crippen molar-refractivity contribution >= 4 is 17.4 Å². The number of rotatable bonds is 4. The molecule has 1 aliphatic rings. The second-order valence-corrected chi connectivity index (χ2v) is 9.01. The van der Waals surface area contributed by atoms with Crippen LogP contribution in [0, 0.1) is 0 Å². The standard InChI is InChI=1S/C17H29N3O3S/c1-16(2,3)13-10-20(9-12-7-6-8-23-12)15(24-13)18-14(22)19-17(4,5)11-21/h10,12,21H,6-9,11H2,1-5H3,(H,19,22)/b18-15-/t12-/m1/s1. The highest BCUT2D eigenvalue weighted by Gasteiger charge is 2.22. The van der Waals surface area contributed by atoms with Gasteiger partial charge in [0.1, 0.15) is 0 Å². The zero-order chi connectivity index (χ0) is 18.0. The normalized spacial score (nSPS) is 19.8. The van der Waals surface area contributed by atoms with Crippen molar-refractivity contribution in [1.82, 2.24) is 9.88 Å². The zero-order valence-corrected chi connectivity index (χ0v) is 16.1. The summed E-state index contributed by atoms with van der Waals surface area (Å²) in [4.78, 5) is 18.3. The van der Waals surface area contributed by atoms with Crippen LogP contribution in [0.4, 0.5) is 4.79 Å². The summed E-state index contributed by atoms with van der Waals surface area (Å²) in [6.45, 7) is 11.3. The van der Waals surface area contributed by atoms with Crippen molar-refractivity contribution in [3.05, 3.63) is 15.9 Å². The summed E-state index contributed by atoms with van der Waals surface area (Å²) in [5, 5.41) is 12.0. The van der Waals surface area contributed by atoms with E-state index in [2.05, 4.69) is 37.3 Å². The van der Waals surface area contributed by atoms with Gasteiger partial charge in [0, 0.05) is 17.7 Å². The lowest BCUT2D eigenvalue weighted by Crippen LogP contribution is -2.45. The van der Waals surface area contributed by atoms with Crippen LogP contribution in [0.25, 0.3) is 0 Å². The number of hydrogen-bond donors (Lipinski definition) is 2. The molecule has 0 aliphatic carbocycles. The molecular weight excluding hydrogens is 326 g/mol. The molecule has 7 heteroatoms. The maximum Gasteiger partial charge on any atom is 0.344 e. The lowest BCUT2D eigenvalue weighted by atomic mass is 9.95. The van der Waals surface area contributed by atoms with Crippen molar-refractivity contribution in [2.45, 2.75) is 71.1 Å². The molecule has 1 atom stereocenters. The van der Waals surface area contributed by atoms with Crippen LogP contribution < -0.4 is 10.1 Å². The van der Waals surface area contributed by atoms with Crippen LogP contribution in [0.15, 0.2) is 11.2 Å². The van der Waals surface area contributed by atoms with Crippen LogP contribution >= 0.6 is 11.3 Å². The van der Waals surface area contributed by atoms with E-state index < -0.39 is 11.6 Å². The Morgan fingerprint density at radius 1 is 1.46 bits per heavy atom. The summed E-state index contributed by atoms with van der Waals surface area (Å²) in [7, 11) is 0. The van der Waals surface area contributed by atoms with Crippen molar-refractivity contribution in [2.24, 2.45) is 4.99 Å². The number of carbonyl (C=O) groups is 1. The van der Waals surface area contributed by atoms with Crippen LogP contribution in [0.3, 0.4) is 0 Å². The Labute approximate surface area is 147 Å². The fourth-order valence-electron chi connectivity index (χ4n) is 2.40. The molecule has 2 N–H and O–H groups in total. The van der Waals surface area contributed by atoms with Gasteiger partial charge >= 0.3 is 6.03 Å². The first-order chi connectivity index (χ1) is 11.1. The maximum absolute atomic E-state index is 12.2. The van der Waals surface area contributed by atoms with Crippen molar-refractivity contribution < 1.29 is 14.6 Å². The molecule has 1 fully saturated rings. The SMILES string of the molecule is CC(C)(CO)NC(=O)/N=c1\sc(C(C)(C)C)cn1C[C@H]1CCCO1. The number of aliphatic hydroxyl groups excluding tert-OH is 1. The van der Waals surface area contributed by atoms with Crippen LogP contribution in [0.2, 0.25) is 0 Å². The first-order valence-corrected chi connectivity index (χ1v) is 9.22. The Balaban J connectivity index is 2.29. The van der Waals surface area contributed by atoms with E-state index >= 15 is 0 Å². The molecule has 0 aromatic carbocycles. The third-order valence-corrected chi connectivity index (χ3v) is 5.37. The third-order valence-electron chi connectivity index (χ3n) is 3.92. The first kappa shape index (κ1) is 19.1. The Morgan fingerprint density at radius 3 is 2.71 bits per heavy atom. The quantitative estimate of drug-likeness (QED) is 0.871. The predicted molar refractivity (Wildman–Crippen MR) is 95.2 cm³/mol. The minimum atomic E-state index is -0.690.